The molecule has 1 aliphatic rings. The molecule has 1 saturated heterocycles. The van der Waals surface area contributed by atoms with E-state index in [9.17, 15) is 4.79 Å². The van der Waals surface area contributed by atoms with Gasteiger partial charge in [0.15, 0.2) is 6.54 Å². The molecule has 0 unspecified atom stereocenters. The average Bonchev–Trinajstić information content (AvgIpc) is 2.26. The Bertz CT molecular complexity index is 434. The van der Waals surface area contributed by atoms with Crippen molar-refractivity contribution in [2.75, 3.05) is 25.0 Å². The third-order valence-corrected chi connectivity index (χ3v) is 3.79. The quantitative estimate of drug-likeness (QED) is 0.849. The van der Waals surface area contributed by atoms with Crippen LogP contribution in [0.4, 0.5) is 5.69 Å². The Morgan fingerprint density at radius 3 is 2.63 bits per heavy atom. The number of nitrogens with one attached hydrogen (secondary N) is 2. The Morgan fingerprint density at radius 1 is 1.32 bits per heavy atom. The highest BCUT2D eigenvalue weighted by Gasteiger charge is 2.26. The smallest absolute Gasteiger partial charge is 0.279 e. The zero-order valence-corrected chi connectivity index (χ0v) is 12.2. The number of piperidine rings is 1. The Balaban J connectivity index is 1.87. The number of amides is 1. The van der Waals surface area contributed by atoms with Gasteiger partial charge in [-0.2, -0.15) is 0 Å². The van der Waals surface area contributed by atoms with Gasteiger partial charge < -0.3 is 10.2 Å². The maximum absolute atomic E-state index is 12.1. The Kier molecular flexibility index (Phi) is 4.59. The second-order valence-corrected chi connectivity index (χ2v) is 6.20. The molecule has 0 saturated carbocycles. The second-order valence-electron chi connectivity index (χ2n) is 6.20. The monoisotopic (exact) mass is 261 g/mol. The molecule has 1 aliphatic heterocycles. The molecule has 2 N–H and O–H groups in total. The van der Waals surface area contributed by atoms with Gasteiger partial charge in [-0.3, -0.25) is 4.79 Å². The zero-order valence-electron chi connectivity index (χ0n) is 12.2. The van der Waals surface area contributed by atoms with Crippen LogP contribution in [0, 0.1) is 18.8 Å². The summed E-state index contributed by atoms with van der Waals surface area (Å²) in [4.78, 5) is 13.5. The van der Waals surface area contributed by atoms with Gasteiger partial charge in [0.05, 0.1) is 13.1 Å². The maximum atomic E-state index is 12.1. The first-order valence-corrected chi connectivity index (χ1v) is 7.23. The number of hydrogen-bond acceptors (Lipinski definition) is 1. The van der Waals surface area contributed by atoms with Gasteiger partial charge in [0.25, 0.3) is 5.91 Å². The number of anilines is 1. The second kappa shape index (κ2) is 6.20. The largest absolute Gasteiger partial charge is 0.327 e. The van der Waals surface area contributed by atoms with Crippen LogP contribution in [0.15, 0.2) is 24.3 Å². The van der Waals surface area contributed by atoms with E-state index >= 15 is 0 Å². The summed E-state index contributed by atoms with van der Waals surface area (Å²) in [5, 5.41) is 3.00. The lowest BCUT2D eigenvalue weighted by atomic mass is 9.92. The molecule has 0 aromatic heterocycles. The van der Waals surface area contributed by atoms with Gasteiger partial charge in [0.2, 0.25) is 0 Å². The van der Waals surface area contributed by atoms with Crippen LogP contribution in [0.2, 0.25) is 0 Å². The summed E-state index contributed by atoms with van der Waals surface area (Å²) in [6, 6.07) is 7.97. The molecular weight excluding hydrogens is 236 g/mol. The molecule has 1 fully saturated rings. The highest BCUT2D eigenvalue weighted by atomic mass is 16.2. The highest BCUT2D eigenvalue weighted by Crippen LogP contribution is 2.12. The Labute approximate surface area is 116 Å². The molecule has 1 heterocycles. The van der Waals surface area contributed by atoms with Crippen molar-refractivity contribution in [1.29, 1.82) is 0 Å². The number of likely N-dealkylation sites (tertiary alicyclic amines) is 1. The first-order chi connectivity index (χ1) is 9.02. The van der Waals surface area contributed by atoms with Crippen molar-refractivity contribution in [1.82, 2.24) is 0 Å². The molecule has 0 bridgehead atoms. The topological polar surface area (TPSA) is 33.5 Å². The number of benzene rings is 1. The third-order valence-electron chi connectivity index (χ3n) is 3.79. The average molecular weight is 261 g/mol. The third kappa shape index (κ3) is 4.35. The minimum Gasteiger partial charge on any atom is -0.327 e. The molecule has 19 heavy (non-hydrogen) atoms. The van der Waals surface area contributed by atoms with E-state index in [2.05, 4.69) is 19.2 Å². The molecule has 3 nitrogen and oxygen atoms in total. The summed E-state index contributed by atoms with van der Waals surface area (Å²) in [5.74, 6) is 1.58. The van der Waals surface area contributed by atoms with Crippen LogP contribution in [0.25, 0.3) is 0 Å². The summed E-state index contributed by atoms with van der Waals surface area (Å²) in [6.45, 7) is 9.43. The van der Waals surface area contributed by atoms with E-state index in [4.69, 9.17) is 0 Å². The van der Waals surface area contributed by atoms with Crippen molar-refractivity contribution in [2.45, 2.75) is 27.2 Å². The first kappa shape index (κ1) is 14.1. The number of quaternary nitrogens is 1. The van der Waals surface area contributed by atoms with Crippen molar-refractivity contribution in [2.24, 2.45) is 11.8 Å². The number of hydrogen-bond donors (Lipinski definition) is 2. The lowest BCUT2D eigenvalue weighted by Crippen LogP contribution is -3.15. The fraction of sp³-hybridized carbons (Fsp3) is 0.562. The number of aryl methyl sites for hydroxylation is 1. The summed E-state index contributed by atoms with van der Waals surface area (Å²) < 4.78 is 0. The van der Waals surface area contributed by atoms with E-state index in [1.54, 1.807) is 0 Å². The van der Waals surface area contributed by atoms with Crippen molar-refractivity contribution >= 4 is 11.6 Å². The van der Waals surface area contributed by atoms with Crippen LogP contribution in [-0.4, -0.2) is 25.5 Å². The summed E-state index contributed by atoms with van der Waals surface area (Å²) in [5.41, 5.74) is 2.08. The van der Waals surface area contributed by atoms with Gasteiger partial charge in [0, 0.05) is 17.5 Å². The number of carbonyl (C=O) groups is 1. The summed E-state index contributed by atoms with van der Waals surface area (Å²) in [6.07, 6.45) is 1.29. The van der Waals surface area contributed by atoms with Crippen LogP contribution in [0.1, 0.15) is 25.8 Å². The van der Waals surface area contributed by atoms with Gasteiger partial charge in [-0.25, -0.2) is 0 Å². The molecule has 1 aromatic rings. The molecule has 1 amide bonds. The summed E-state index contributed by atoms with van der Waals surface area (Å²) >= 11 is 0. The zero-order chi connectivity index (χ0) is 13.8. The van der Waals surface area contributed by atoms with Crippen LogP contribution in [-0.2, 0) is 4.79 Å². The van der Waals surface area contributed by atoms with Crippen molar-refractivity contribution in [3.63, 3.8) is 0 Å². The number of rotatable bonds is 3. The molecule has 2 atom stereocenters. The van der Waals surface area contributed by atoms with E-state index in [-0.39, 0.29) is 5.91 Å². The van der Waals surface area contributed by atoms with Crippen LogP contribution >= 0.6 is 0 Å². The van der Waals surface area contributed by atoms with E-state index in [1.165, 1.54) is 16.9 Å². The van der Waals surface area contributed by atoms with Gasteiger partial charge >= 0.3 is 0 Å². The normalized spacial score (nSPS) is 27.0. The van der Waals surface area contributed by atoms with E-state index in [1.807, 2.05) is 31.2 Å². The number of carbonyl (C=O) groups excluding carboxylic acids is 1. The molecule has 3 heteroatoms. The molecule has 0 spiro atoms. The minimum atomic E-state index is 0.127. The molecular formula is C16H25N2O+. The van der Waals surface area contributed by atoms with E-state index < -0.39 is 0 Å². The molecule has 0 radical (unpaired) electrons. The van der Waals surface area contributed by atoms with Gasteiger partial charge in [0.1, 0.15) is 0 Å². The predicted octanol–water partition coefficient (Wildman–Crippen LogP) is 1.49. The van der Waals surface area contributed by atoms with Crippen molar-refractivity contribution in [3.8, 4) is 0 Å². The maximum Gasteiger partial charge on any atom is 0.279 e. The SMILES string of the molecule is Cc1cccc(NC(=O)C[NH+]2C[C@@H](C)C[C@H](C)C2)c1. The van der Waals surface area contributed by atoms with Gasteiger partial charge in [-0.1, -0.05) is 26.0 Å². The predicted molar refractivity (Wildman–Crippen MR) is 78.3 cm³/mol. The molecule has 0 aliphatic carbocycles. The summed E-state index contributed by atoms with van der Waals surface area (Å²) in [7, 11) is 0. The Hall–Kier alpha value is -1.35. The van der Waals surface area contributed by atoms with Gasteiger partial charge in [-0.15, -0.1) is 0 Å². The minimum absolute atomic E-state index is 0.127. The highest BCUT2D eigenvalue weighted by molar-refractivity contribution is 5.91. The standard InChI is InChI=1S/C16H24N2O/c1-12-5-4-6-15(8-12)17-16(19)11-18-9-13(2)7-14(3)10-18/h4-6,8,13-14H,7,9-11H2,1-3H3,(H,17,19)/p+1/t13-,14-/m0/s1. The molecule has 2 rings (SSSR count). The fourth-order valence-electron chi connectivity index (χ4n) is 3.22. The van der Waals surface area contributed by atoms with E-state index in [0.29, 0.717) is 6.54 Å². The first-order valence-electron chi connectivity index (χ1n) is 7.23. The van der Waals surface area contributed by atoms with Crippen LogP contribution in [0.5, 0.6) is 0 Å². The van der Waals surface area contributed by atoms with Crippen LogP contribution in [0.3, 0.4) is 0 Å². The molecule has 104 valence electrons. The lowest BCUT2D eigenvalue weighted by Gasteiger charge is -2.31. The van der Waals surface area contributed by atoms with Crippen LogP contribution < -0.4 is 10.2 Å². The van der Waals surface area contributed by atoms with E-state index in [0.717, 1.165) is 30.6 Å². The van der Waals surface area contributed by atoms with Crippen molar-refractivity contribution in [3.05, 3.63) is 29.8 Å². The van der Waals surface area contributed by atoms with Gasteiger partial charge in [-0.05, 0) is 31.0 Å². The Morgan fingerprint density at radius 2 is 2.00 bits per heavy atom. The fourth-order valence-corrected chi connectivity index (χ4v) is 3.22. The lowest BCUT2D eigenvalue weighted by molar-refractivity contribution is -0.904. The molecule has 1 aromatic carbocycles. The van der Waals surface area contributed by atoms with Crippen molar-refractivity contribution < 1.29 is 9.69 Å².